The Labute approximate surface area is 214 Å². The van der Waals surface area contributed by atoms with Crippen molar-refractivity contribution in [3.8, 4) is 5.75 Å². The van der Waals surface area contributed by atoms with E-state index in [1.54, 1.807) is 6.07 Å². The van der Waals surface area contributed by atoms with Gasteiger partial charge in [-0.25, -0.2) is 14.0 Å². The summed E-state index contributed by atoms with van der Waals surface area (Å²) in [6, 6.07) is 12.3. The number of furan rings is 1. The highest BCUT2D eigenvalue weighted by atomic mass is 35.5. The van der Waals surface area contributed by atoms with Crippen LogP contribution in [0.25, 0.3) is 6.08 Å². The fourth-order valence-corrected chi connectivity index (χ4v) is 3.54. The molecule has 0 unspecified atom stereocenters. The number of hydrogen-bond donors (Lipinski definition) is 2. The average molecular weight is 528 g/mol. The van der Waals surface area contributed by atoms with Gasteiger partial charge in [-0.15, -0.1) is 0 Å². The number of methoxy groups -OCH3 is 1. The van der Waals surface area contributed by atoms with E-state index in [0.717, 1.165) is 4.90 Å². The second-order valence-electron chi connectivity index (χ2n) is 7.64. The van der Waals surface area contributed by atoms with Gasteiger partial charge in [0.2, 0.25) is 5.76 Å². The van der Waals surface area contributed by atoms with Gasteiger partial charge < -0.3 is 24.5 Å². The van der Waals surface area contributed by atoms with Crippen molar-refractivity contribution >= 4 is 47.2 Å². The van der Waals surface area contributed by atoms with Gasteiger partial charge in [0.25, 0.3) is 11.8 Å². The first kappa shape index (κ1) is 25.5. The summed E-state index contributed by atoms with van der Waals surface area (Å²) in [6.07, 6.45) is 1.35. The van der Waals surface area contributed by atoms with Crippen molar-refractivity contribution in [1.82, 2.24) is 10.2 Å². The fourth-order valence-electron chi connectivity index (χ4n) is 3.36. The molecule has 4 rings (SSSR count). The summed E-state index contributed by atoms with van der Waals surface area (Å²) in [5.41, 5.74) is 0.236. The lowest BCUT2D eigenvalue weighted by Crippen LogP contribution is -2.30. The molecular formula is C25H19ClFN3O7. The molecule has 2 N–H and O–H groups in total. The Morgan fingerprint density at radius 2 is 1.95 bits per heavy atom. The van der Waals surface area contributed by atoms with E-state index < -0.39 is 36.2 Å². The topological polar surface area (TPSA) is 127 Å². The minimum atomic E-state index is -0.707. The molecule has 12 heteroatoms. The van der Waals surface area contributed by atoms with E-state index in [2.05, 4.69) is 15.4 Å². The Morgan fingerprint density at radius 3 is 2.70 bits per heavy atom. The molecule has 0 spiro atoms. The van der Waals surface area contributed by atoms with E-state index in [-0.39, 0.29) is 35.2 Å². The van der Waals surface area contributed by atoms with Crippen LogP contribution in [-0.2, 0) is 20.9 Å². The molecule has 2 aromatic carbocycles. The number of carbonyl (C=O) groups excluding carboxylic acids is 4. The lowest BCUT2D eigenvalue weighted by molar-refractivity contribution is -0.123. The summed E-state index contributed by atoms with van der Waals surface area (Å²) in [4.78, 5) is 50.0. The van der Waals surface area contributed by atoms with Crippen molar-refractivity contribution in [3.05, 3.63) is 88.2 Å². The average Bonchev–Trinajstić information content (AvgIpc) is 3.45. The van der Waals surface area contributed by atoms with Crippen molar-refractivity contribution in [3.63, 3.8) is 0 Å². The second-order valence-corrected chi connectivity index (χ2v) is 8.07. The van der Waals surface area contributed by atoms with E-state index in [1.807, 2.05) is 0 Å². The molecule has 0 atom stereocenters. The molecule has 0 aliphatic carbocycles. The van der Waals surface area contributed by atoms with Crippen molar-refractivity contribution in [2.24, 2.45) is 0 Å². The van der Waals surface area contributed by atoms with E-state index in [1.165, 1.54) is 61.7 Å². The fraction of sp³-hybridized carbons (Fsp3) is 0.120. The summed E-state index contributed by atoms with van der Waals surface area (Å²) >= 11 is 6.09. The predicted molar refractivity (Wildman–Crippen MR) is 129 cm³/mol. The normalized spacial score (nSPS) is 14.0. The smallest absolute Gasteiger partial charge is 0.373 e. The molecule has 0 radical (unpaired) electrons. The molecule has 0 bridgehead atoms. The standard InChI is InChI=1S/C25H19ClFN3O7/c1-35-24(33)21-9-7-16(37-21)12-30-23(32)19(29-25(30)34)11-14-10-15(26)6-8-20(14)36-13-22(31)28-18-5-3-2-4-17(18)27/h2-11H,12-13H2,1H3,(H,28,31)(H,29,34)/b19-11-. The highest BCUT2D eigenvalue weighted by molar-refractivity contribution is 6.30. The number of para-hydroxylation sites is 1. The summed E-state index contributed by atoms with van der Waals surface area (Å²) < 4.78 is 29.2. The van der Waals surface area contributed by atoms with Gasteiger partial charge in [-0.2, -0.15) is 0 Å². The number of ether oxygens (including phenoxy) is 2. The summed E-state index contributed by atoms with van der Waals surface area (Å²) in [6.45, 7) is -0.687. The third-order valence-corrected chi connectivity index (χ3v) is 5.34. The molecule has 1 aliphatic rings. The molecule has 1 aliphatic heterocycles. The van der Waals surface area contributed by atoms with Crippen LogP contribution in [0.1, 0.15) is 21.9 Å². The number of benzene rings is 2. The van der Waals surface area contributed by atoms with Gasteiger partial charge in [-0.05, 0) is 48.5 Å². The van der Waals surface area contributed by atoms with Crippen LogP contribution in [0.15, 0.2) is 64.7 Å². The van der Waals surface area contributed by atoms with E-state index in [9.17, 15) is 23.6 Å². The second kappa shape index (κ2) is 11.0. The molecule has 3 aromatic rings. The van der Waals surface area contributed by atoms with Gasteiger partial charge in [0.1, 0.15) is 23.0 Å². The number of nitrogens with zero attached hydrogens (tertiary/aromatic N) is 1. The number of nitrogens with one attached hydrogen (secondary N) is 2. The molecule has 1 aromatic heterocycles. The number of amides is 4. The van der Waals surface area contributed by atoms with Gasteiger partial charge in [0.15, 0.2) is 6.61 Å². The maximum absolute atomic E-state index is 13.8. The van der Waals surface area contributed by atoms with Crippen LogP contribution in [0.4, 0.5) is 14.9 Å². The lowest BCUT2D eigenvalue weighted by Gasteiger charge is -2.11. The van der Waals surface area contributed by atoms with Gasteiger partial charge >= 0.3 is 12.0 Å². The molecule has 1 saturated heterocycles. The Balaban J connectivity index is 1.47. The van der Waals surface area contributed by atoms with Crippen LogP contribution < -0.4 is 15.4 Å². The first-order valence-electron chi connectivity index (χ1n) is 10.7. The molecule has 0 saturated carbocycles. The Bertz CT molecular complexity index is 1420. The number of esters is 1. The SMILES string of the molecule is COC(=O)c1ccc(CN2C(=O)N/C(=C\c3cc(Cl)ccc3OCC(=O)Nc3ccccc3F)C2=O)o1. The summed E-state index contributed by atoms with van der Waals surface area (Å²) in [5.74, 6) is -2.25. The van der Waals surface area contributed by atoms with Crippen LogP contribution in [0.5, 0.6) is 5.75 Å². The molecule has 2 heterocycles. The van der Waals surface area contributed by atoms with Crippen LogP contribution in [0.3, 0.4) is 0 Å². The van der Waals surface area contributed by atoms with E-state index >= 15 is 0 Å². The van der Waals surface area contributed by atoms with Crippen molar-refractivity contribution in [2.75, 3.05) is 19.0 Å². The van der Waals surface area contributed by atoms with Crippen LogP contribution in [0.2, 0.25) is 5.02 Å². The summed E-state index contributed by atoms with van der Waals surface area (Å²) in [7, 11) is 1.20. The molecule has 4 amide bonds. The van der Waals surface area contributed by atoms with Crippen LogP contribution in [0, 0.1) is 5.82 Å². The third kappa shape index (κ3) is 5.96. The van der Waals surface area contributed by atoms with Gasteiger partial charge in [0, 0.05) is 10.6 Å². The first-order chi connectivity index (χ1) is 17.7. The highest BCUT2D eigenvalue weighted by Crippen LogP contribution is 2.27. The van der Waals surface area contributed by atoms with E-state index in [4.69, 9.17) is 20.8 Å². The molecular weight excluding hydrogens is 509 g/mol. The van der Waals surface area contributed by atoms with E-state index in [0.29, 0.717) is 10.6 Å². The van der Waals surface area contributed by atoms with Gasteiger partial charge in [-0.3, -0.25) is 14.5 Å². The zero-order valence-corrected chi connectivity index (χ0v) is 20.0. The minimum Gasteiger partial charge on any atom is -0.483 e. The first-order valence-corrected chi connectivity index (χ1v) is 11.1. The Hall–Kier alpha value is -4.64. The number of anilines is 1. The van der Waals surface area contributed by atoms with Crippen LogP contribution >= 0.6 is 11.6 Å². The third-order valence-electron chi connectivity index (χ3n) is 5.10. The number of rotatable bonds is 8. The molecule has 1 fully saturated rings. The predicted octanol–water partition coefficient (Wildman–Crippen LogP) is 3.97. The summed E-state index contributed by atoms with van der Waals surface area (Å²) in [5, 5.41) is 5.18. The van der Waals surface area contributed by atoms with Crippen molar-refractivity contribution in [1.29, 1.82) is 0 Å². The number of carbonyl (C=O) groups is 4. The maximum Gasteiger partial charge on any atom is 0.373 e. The highest BCUT2D eigenvalue weighted by Gasteiger charge is 2.34. The lowest BCUT2D eigenvalue weighted by atomic mass is 10.1. The van der Waals surface area contributed by atoms with Gasteiger partial charge in [-0.1, -0.05) is 23.7 Å². The molecule has 37 heavy (non-hydrogen) atoms. The molecule has 10 nitrogen and oxygen atoms in total. The quantitative estimate of drug-likeness (QED) is 0.258. The van der Waals surface area contributed by atoms with Crippen molar-refractivity contribution in [2.45, 2.75) is 6.54 Å². The van der Waals surface area contributed by atoms with Gasteiger partial charge in [0.05, 0.1) is 19.3 Å². The Kier molecular flexibility index (Phi) is 7.54. The largest absolute Gasteiger partial charge is 0.483 e. The van der Waals surface area contributed by atoms with Crippen LogP contribution in [-0.4, -0.2) is 42.4 Å². The Morgan fingerprint density at radius 1 is 1.16 bits per heavy atom. The number of hydrogen-bond acceptors (Lipinski definition) is 7. The maximum atomic E-state index is 13.8. The monoisotopic (exact) mass is 527 g/mol. The zero-order valence-electron chi connectivity index (χ0n) is 19.2. The van der Waals surface area contributed by atoms with Crippen molar-refractivity contribution < 1.29 is 37.5 Å². The molecule has 190 valence electrons. The zero-order chi connectivity index (χ0) is 26.5. The number of halogens is 2. The number of imide groups is 1. The minimum absolute atomic E-state index is 0.00386. The number of urea groups is 1.